The average molecular weight is 381 g/mol. The first kappa shape index (κ1) is 20.1. The maximum absolute atomic E-state index is 12.3. The van der Waals surface area contributed by atoms with Crippen LogP contribution in [0.15, 0.2) is 48.5 Å². The van der Waals surface area contributed by atoms with Gasteiger partial charge in [0, 0.05) is 12.1 Å². The van der Waals surface area contributed by atoms with Crippen LogP contribution in [0.4, 0.5) is 5.69 Å². The number of hydrogen-bond donors (Lipinski definition) is 0. The topological polar surface area (TPSA) is 69.4 Å². The molecule has 1 aliphatic carbocycles. The fourth-order valence-corrected chi connectivity index (χ4v) is 3.97. The Morgan fingerprint density at radius 2 is 1.68 bits per heavy atom. The van der Waals surface area contributed by atoms with Crippen LogP contribution in [0.1, 0.15) is 73.7 Å². The largest absolute Gasteiger partial charge is 0.423 e. The molecule has 1 aliphatic rings. The molecule has 5 heteroatoms. The lowest BCUT2D eigenvalue weighted by atomic mass is 9.77. The van der Waals surface area contributed by atoms with Gasteiger partial charge in [-0.1, -0.05) is 38.3 Å². The Hall–Kier alpha value is -2.69. The van der Waals surface area contributed by atoms with Crippen molar-refractivity contribution in [3.05, 3.63) is 69.8 Å². The van der Waals surface area contributed by atoms with E-state index in [0.717, 1.165) is 5.92 Å². The first-order chi connectivity index (χ1) is 13.6. The Morgan fingerprint density at radius 3 is 2.25 bits per heavy atom. The van der Waals surface area contributed by atoms with Crippen molar-refractivity contribution in [1.82, 2.24) is 0 Å². The van der Waals surface area contributed by atoms with Crippen molar-refractivity contribution in [1.29, 1.82) is 0 Å². The van der Waals surface area contributed by atoms with Crippen molar-refractivity contribution in [2.24, 2.45) is 5.92 Å². The molecule has 0 radical (unpaired) electrons. The zero-order valence-electron chi connectivity index (χ0n) is 16.3. The Balaban J connectivity index is 1.55. The third kappa shape index (κ3) is 5.18. The van der Waals surface area contributed by atoms with E-state index in [9.17, 15) is 14.9 Å². The minimum atomic E-state index is -0.485. The molecular weight excluding hydrogens is 354 g/mol. The summed E-state index contributed by atoms with van der Waals surface area (Å²) >= 11 is 0. The lowest BCUT2D eigenvalue weighted by molar-refractivity contribution is -0.384. The summed E-state index contributed by atoms with van der Waals surface area (Å²) in [6.07, 6.45) is 9.01. The SMILES string of the molecule is CCCC[C@H]1CC[C@H](c2ccc(C(=O)Oc3ccc([N+](=O)[O-])cc3)cc2)CC1. The number of rotatable bonds is 7. The van der Waals surface area contributed by atoms with Crippen LogP contribution in [-0.4, -0.2) is 10.9 Å². The van der Waals surface area contributed by atoms with Gasteiger partial charge in [-0.15, -0.1) is 0 Å². The molecule has 2 aromatic carbocycles. The van der Waals surface area contributed by atoms with Gasteiger partial charge in [0.15, 0.2) is 0 Å². The Morgan fingerprint density at radius 1 is 1.04 bits per heavy atom. The van der Waals surface area contributed by atoms with Gasteiger partial charge in [-0.2, -0.15) is 0 Å². The molecule has 0 aliphatic heterocycles. The number of unbranched alkanes of at least 4 members (excludes halogenated alkanes) is 1. The molecule has 0 amide bonds. The van der Waals surface area contributed by atoms with Crippen LogP contribution in [0.3, 0.4) is 0 Å². The molecular formula is C23H27NO4. The summed E-state index contributed by atoms with van der Waals surface area (Å²) in [6.45, 7) is 2.25. The Kier molecular flexibility index (Phi) is 6.80. The number of non-ortho nitro benzene ring substituents is 1. The van der Waals surface area contributed by atoms with E-state index in [1.807, 2.05) is 24.3 Å². The van der Waals surface area contributed by atoms with Crippen molar-refractivity contribution >= 4 is 11.7 Å². The number of benzene rings is 2. The third-order valence-corrected chi connectivity index (χ3v) is 5.69. The van der Waals surface area contributed by atoms with Crippen LogP contribution in [-0.2, 0) is 0 Å². The van der Waals surface area contributed by atoms with Crippen LogP contribution in [0.25, 0.3) is 0 Å². The summed E-state index contributed by atoms with van der Waals surface area (Å²) in [7, 11) is 0. The summed E-state index contributed by atoms with van der Waals surface area (Å²) in [5, 5.41) is 10.7. The normalized spacial score (nSPS) is 19.2. The van der Waals surface area contributed by atoms with Crippen LogP contribution in [0.5, 0.6) is 5.75 Å². The van der Waals surface area contributed by atoms with Gasteiger partial charge in [0.1, 0.15) is 5.75 Å². The number of hydrogen-bond acceptors (Lipinski definition) is 4. The first-order valence-electron chi connectivity index (χ1n) is 10.1. The van der Waals surface area contributed by atoms with Gasteiger partial charge in [-0.25, -0.2) is 4.79 Å². The highest BCUT2D eigenvalue weighted by Gasteiger charge is 2.22. The van der Waals surface area contributed by atoms with Gasteiger partial charge in [-0.3, -0.25) is 10.1 Å². The monoisotopic (exact) mass is 381 g/mol. The zero-order chi connectivity index (χ0) is 19.9. The van der Waals surface area contributed by atoms with E-state index in [2.05, 4.69) is 6.92 Å². The van der Waals surface area contributed by atoms with E-state index < -0.39 is 10.9 Å². The lowest BCUT2D eigenvalue weighted by Gasteiger charge is -2.28. The molecule has 1 saturated carbocycles. The molecule has 148 valence electrons. The standard InChI is InChI=1S/C23H27NO4/c1-2-3-4-17-5-7-18(8-6-17)19-9-11-20(12-10-19)23(25)28-22-15-13-21(14-16-22)24(26)27/h9-18H,2-8H2,1H3/t17-,18-. The van der Waals surface area contributed by atoms with E-state index >= 15 is 0 Å². The highest BCUT2D eigenvalue weighted by molar-refractivity contribution is 5.91. The number of nitro groups is 1. The van der Waals surface area contributed by atoms with Crippen LogP contribution in [0, 0.1) is 16.0 Å². The summed E-state index contributed by atoms with van der Waals surface area (Å²) < 4.78 is 5.31. The molecule has 0 N–H and O–H groups in total. The van der Waals surface area contributed by atoms with E-state index in [4.69, 9.17) is 4.74 Å². The van der Waals surface area contributed by atoms with Gasteiger partial charge >= 0.3 is 5.97 Å². The predicted octanol–water partition coefficient (Wildman–Crippen LogP) is 6.28. The molecule has 5 nitrogen and oxygen atoms in total. The smallest absolute Gasteiger partial charge is 0.343 e. The van der Waals surface area contributed by atoms with Crippen molar-refractivity contribution in [3.63, 3.8) is 0 Å². The number of ether oxygens (including phenoxy) is 1. The maximum Gasteiger partial charge on any atom is 0.343 e. The number of carbonyl (C=O) groups is 1. The first-order valence-corrected chi connectivity index (χ1v) is 10.1. The molecule has 0 unspecified atom stereocenters. The van der Waals surface area contributed by atoms with Gasteiger partial charge < -0.3 is 4.74 Å². The molecule has 0 atom stereocenters. The highest BCUT2D eigenvalue weighted by Crippen LogP contribution is 2.37. The second-order valence-electron chi connectivity index (χ2n) is 7.62. The second-order valence-corrected chi connectivity index (χ2v) is 7.62. The molecule has 0 saturated heterocycles. The molecule has 2 aromatic rings. The van der Waals surface area contributed by atoms with Crippen LogP contribution < -0.4 is 4.74 Å². The van der Waals surface area contributed by atoms with Crippen molar-refractivity contribution in [2.45, 2.75) is 57.8 Å². The molecule has 0 heterocycles. The number of esters is 1. The zero-order valence-corrected chi connectivity index (χ0v) is 16.3. The van der Waals surface area contributed by atoms with Gasteiger partial charge in [0.2, 0.25) is 0 Å². The van der Waals surface area contributed by atoms with E-state index in [0.29, 0.717) is 17.2 Å². The molecule has 0 bridgehead atoms. The van der Waals surface area contributed by atoms with Gasteiger partial charge in [0.05, 0.1) is 10.5 Å². The minimum Gasteiger partial charge on any atom is -0.423 e. The summed E-state index contributed by atoms with van der Waals surface area (Å²) in [6, 6.07) is 13.2. The predicted molar refractivity (Wildman–Crippen MR) is 109 cm³/mol. The molecule has 0 spiro atoms. The lowest BCUT2D eigenvalue weighted by Crippen LogP contribution is -2.14. The fraction of sp³-hybridized carbons (Fsp3) is 0.435. The minimum absolute atomic E-state index is 0.0337. The van der Waals surface area contributed by atoms with Crippen molar-refractivity contribution in [3.8, 4) is 5.75 Å². The maximum atomic E-state index is 12.3. The number of nitro benzene ring substituents is 1. The molecule has 3 rings (SSSR count). The molecule has 0 aromatic heterocycles. The molecule has 1 fully saturated rings. The van der Waals surface area contributed by atoms with Crippen molar-refractivity contribution < 1.29 is 14.5 Å². The average Bonchev–Trinajstić information content (AvgIpc) is 2.73. The van der Waals surface area contributed by atoms with E-state index in [1.54, 1.807) is 0 Å². The van der Waals surface area contributed by atoms with Crippen LogP contribution in [0.2, 0.25) is 0 Å². The Bertz CT molecular complexity index is 790. The van der Waals surface area contributed by atoms with Gasteiger partial charge in [-0.05, 0) is 67.3 Å². The third-order valence-electron chi connectivity index (χ3n) is 5.69. The second kappa shape index (κ2) is 9.49. The van der Waals surface area contributed by atoms with Gasteiger partial charge in [0.25, 0.3) is 5.69 Å². The summed E-state index contributed by atoms with van der Waals surface area (Å²) in [5.41, 5.74) is 1.74. The quantitative estimate of drug-likeness (QED) is 0.245. The fourth-order valence-electron chi connectivity index (χ4n) is 3.97. The van der Waals surface area contributed by atoms with E-state index in [1.165, 1.54) is 74.8 Å². The summed E-state index contributed by atoms with van der Waals surface area (Å²) in [5.74, 6) is 1.30. The Labute approximate surface area is 165 Å². The summed E-state index contributed by atoms with van der Waals surface area (Å²) in [4.78, 5) is 22.5. The highest BCUT2D eigenvalue weighted by atomic mass is 16.6. The van der Waals surface area contributed by atoms with E-state index in [-0.39, 0.29) is 5.69 Å². The van der Waals surface area contributed by atoms with Crippen molar-refractivity contribution in [2.75, 3.05) is 0 Å². The van der Waals surface area contributed by atoms with Crippen LogP contribution >= 0.6 is 0 Å². The number of nitrogens with zero attached hydrogens (tertiary/aromatic N) is 1. The molecule has 28 heavy (non-hydrogen) atoms. The number of carbonyl (C=O) groups excluding carboxylic acids is 1.